The third kappa shape index (κ3) is 6.36. The van der Waals surface area contributed by atoms with Gasteiger partial charge >= 0.3 is 0 Å². The van der Waals surface area contributed by atoms with E-state index in [0.717, 1.165) is 34.3 Å². The molecule has 5 nitrogen and oxygen atoms in total. The van der Waals surface area contributed by atoms with Crippen molar-refractivity contribution in [2.45, 2.75) is 13.3 Å². The maximum Gasteiger partial charge on any atom is 0.164 e. The van der Waals surface area contributed by atoms with Crippen molar-refractivity contribution >= 4 is 38.8 Å². The molecular weight excluding hydrogens is 767 g/mol. The summed E-state index contributed by atoms with van der Waals surface area (Å²) in [6, 6.07) is 71.1. The van der Waals surface area contributed by atoms with E-state index >= 15 is 0 Å². The second-order valence-electron chi connectivity index (χ2n) is 16.5. The van der Waals surface area contributed by atoms with Crippen LogP contribution in [0.5, 0.6) is 0 Å². The molecular formula is C58H41N5. The van der Waals surface area contributed by atoms with Crippen molar-refractivity contribution in [3.05, 3.63) is 218 Å². The lowest BCUT2D eigenvalue weighted by molar-refractivity contribution is 0.690. The van der Waals surface area contributed by atoms with E-state index in [1.165, 1.54) is 66.4 Å². The first-order valence-electron chi connectivity index (χ1n) is 21.7. The first kappa shape index (κ1) is 36.7. The molecule has 0 saturated carbocycles. The first-order valence-corrected chi connectivity index (χ1v) is 21.7. The second kappa shape index (κ2) is 15.1. The Balaban J connectivity index is 0.989. The van der Waals surface area contributed by atoms with Gasteiger partial charge in [0.15, 0.2) is 17.5 Å². The van der Waals surface area contributed by atoms with Crippen molar-refractivity contribution in [3.63, 3.8) is 0 Å². The van der Waals surface area contributed by atoms with Gasteiger partial charge in [-0.25, -0.2) is 15.0 Å². The molecule has 1 atom stereocenters. The molecule has 0 fully saturated rings. The molecule has 0 spiro atoms. The van der Waals surface area contributed by atoms with Gasteiger partial charge in [0.25, 0.3) is 0 Å². The van der Waals surface area contributed by atoms with E-state index in [1.807, 2.05) is 60.7 Å². The molecule has 3 heterocycles. The monoisotopic (exact) mass is 807 g/mol. The zero-order valence-electron chi connectivity index (χ0n) is 34.7. The van der Waals surface area contributed by atoms with E-state index in [9.17, 15) is 0 Å². The number of aromatic nitrogens is 5. The molecule has 0 saturated heterocycles. The topological polar surface area (TPSA) is 48.5 Å². The molecule has 298 valence electrons. The van der Waals surface area contributed by atoms with Gasteiger partial charge in [0.2, 0.25) is 0 Å². The van der Waals surface area contributed by atoms with Gasteiger partial charge in [0, 0.05) is 61.0 Å². The largest absolute Gasteiger partial charge is 0.313 e. The highest BCUT2D eigenvalue weighted by Gasteiger charge is 2.23. The highest BCUT2D eigenvalue weighted by atomic mass is 15.0. The molecule has 1 aliphatic carbocycles. The van der Waals surface area contributed by atoms with Gasteiger partial charge in [-0.1, -0.05) is 165 Å². The maximum absolute atomic E-state index is 5.01. The number of hydrogen-bond acceptors (Lipinski definition) is 3. The highest BCUT2D eigenvalue weighted by Crippen LogP contribution is 2.42. The van der Waals surface area contributed by atoms with Gasteiger partial charge in [-0.15, -0.1) is 0 Å². The normalized spacial score (nSPS) is 13.5. The highest BCUT2D eigenvalue weighted by molar-refractivity contribution is 6.14. The summed E-state index contributed by atoms with van der Waals surface area (Å²) >= 11 is 0. The van der Waals surface area contributed by atoms with Crippen LogP contribution in [0.3, 0.4) is 0 Å². The SMILES string of the molecule is CC1C=Cc2c(n(-c3ccc(-c4ccccc4)cc3)c3ccc(-c4cccc5c6ccccc6n(-c6ccc(-c7nc(-c8ccccc8)nc(-c8ccccc8)n7)cc6)c45)cc23)C1. The molecule has 11 aromatic rings. The Morgan fingerprint density at radius 1 is 0.413 bits per heavy atom. The number of benzene rings is 8. The minimum Gasteiger partial charge on any atom is -0.313 e. The zero-order chi connectivity index (χ0) is 41.9. The van der Waals surface area contributed by atoms with E-state index in [-0.39, 0.29) is 0 Å². The van der Waals surface area contributed by atoms with Crippen LogP contribution in [0.1, 0.15) is 18.2 Å². The van der Waals surface area contributed by atoms with Gasteiger partial charge in [0.1, 0.15) is 0 Å². The van der Waals surface area contributed by atoms with Crippen LogP contribution in [0.25, 0.3) is 107 Å². The molecule has 8 aromatic carbocycles. The lowest BCUT2D eigenvalue weighted by Crippen LogP contribution is -2.08. The van der Waals surface area contributed by atoms with E-state index < -0.39 is 0 Å². The van der Waals surface area contributed by atoms with Gasteiger partial charge in [-0.2, -0.15) is 0 Å². The average Bonchev–Trinajstić information content (AvgIpc) is 3.87. The lowest BCUT2D eigenvalue weighted by atomic mass is 9.93. The molecule has 5 heteroatoms. The molecule has 3 aromatic heterocycles. The summed E-state index contributed by atoms with van der Waals surface area (Å²) in [4.78, 5) is 14.9. The average molecular weight is 808 g/mol. The van der Waals surface area contributed by atoms with E-state index in [0.29, 0.717) is 23.4 Å². The number of para-hydroxylation sites is 2. The minimum atomic E-state index is 0.460. The van der Waals surface area contributed by atoms with Crippen LogP contribution in [-0.2, 0) is 6.42 Å². The Morgan fingerprint density at radius 2 is 0.905 bits per heavy atom. The molecule has 63 heavy (non-hydrogen) atoms. The van der Waals surface area contributed by atoms with Crippen molar-refractivity contribution < 1.29 is 0 Å². The molecule has 0 bridgehead atoms. The van der Waals surface area contributed by atoms with Gasteiger partial charge in [-0.05, 0) is 83.6 Å². The van der Waals surface area contributed by atoms with Gasteiger partial charge in [-0.3, -0.25) is 0 Å². The number of hydrogen-bond donors (Lipinski definition) is 0. The van der Waals surface area contributed by atoms with Crippen molar-refractivity contribution in [2.75, 3.05) is 0 Å². The predicted molar refractivity (Wildman–Crippen MR) is 260 cm³/mol. The van der Waals surface area contributed by atoms with Gasteiger partial charge < -0.3 is 9.13 Å². The van der Waals surface area contributed by atoms with Crippen molar-refractivity contribution in [2.24, 2.45) is 5.92 Å². The summed E-state index contributed by atoms with van der Waals surface area (Å²) < 4.78 is 4.91. The molecule has 12 rings (SSSR count). The van der Waals surface area contributed by atoms with Crippen LogP contribution in [0.2, 0.25) is 0 Å². The molecule has 0 N–H and O–H groups in total. The fourth-order valence-electron chi connectivity index (χ4n) is 9.50. The molecule has 0 aliphatic heterocycles. The van der Waals surface area contributed by atoms with Crippen molar-refractivity contribution in [1.82, 2.24) is 24.1 Å². The van der Waals surface area contributed by atoms with Crippen LogP contribution in [0.15, 0.2) is 206 Å². The molecule has 0 radical (unpaired) electrons. The maximum atomic E-state index is 5.01. The number of nitrogens with zero attached hydrogens (tertiary/aromatic N) is 5. The van der Waals surface area contributed by atoms with E-state index in [1.54, 1.807) is 0 Å². The van der Waals surface area contributed by atoms with Crippen LogP contribution < -0.4 is 0 Å². The predicted octanol–water partition coefficient (Wildman–Crippen LogP) is 14.5. The smallest absolute Gasteiger partial charge is 0.164 e. The van der Waals surface area contributed by atoms with Crippen LogP contribution in [0.4, 0.5) is 0 Å². The summed E-state index contributed by atoms with van der Waals surface area (Å²) in [6.45, 7) is 2.31. The Bertz CT molecular complexity index is 3450. The molecule has 1 aliphatic rings. The third-order valence-electron chi connectivity index (χ3n) is 12.5. The Kier molecular flexibility index (Phi) is 8.78. The number of allylic oxidation sites excluding steroid dienone is 1. The standard InChI is InChI=1S/C58H41N5/c1-38-24-34-49-51-37-44(29-35-53(51)62(54(49)36-38)45-30-25-40(26-31-45)39-14-5-2-6-15-39)47-21-13-22-50-48-20-11-12-23-52(48)63(55(47)50)46-32-27-43(28-33-46)58-60-56(41-16-7-3-8-17-41)59-57(61-58)42-18-9-4-10-19-42/h2-35,37-38H,36H2,1H3. The Labute approximate surface area is 366 Å². The Hall–Kier alpha value is -8.15. The van der Waals surface area contributed by atoms with Gasteiger partial charge in [0.05, 0.1) is 16.6 Å². The quantitative estimate of drug-likeness (QED) is 0.161. The Morgan fingerprint density at radius 3 is 1.56 bits per heavy atom. The van der Waals surface area contributed by atoms with E-state index in [2.05, 4.69) is 168 Å². The summed E-state index contributed by atoms with van der Waals surface area (Å²) in [7, 11) is 0. The minimum absolute atomic E-state index is 0.460. The molecule has 0 amide bonds. The van der Waals surface area contributed by atoms with Crippen molar-refractivity contribution in [1.29, 1.82) is 0 Å². The second-order valence-corrected chi connectivity index (χ2v) is 16.5. The molecule has 1 unspecified atom stereocenters. The van der Waals surface area contributed by atoms with Crippen LogP contribution in [0, 0.1) is 5.92 Å². The van der Waals surface area contributed by atoms with E-state index in [4.69, 9.17) is 15.0 Å². The summed E-state index contributed by atoms with van der Waals surface area (Å²) in [5.74, 6) is 2.39. The van der Waals surface area contributed by atoms with Crippen LogP contribution >= 0.6 is 0 Å². The lowest BCUT2D eigenvalue weighted by Gasteiger charge is -2.17. The first-order chi connectivity index (χ1) is 31.1. The number of rotatable bonds is 7. The summed E-state index contributed by atoms with van der Waals surface area (Å²) in [6.07, 6.45) is 5.70. The van der Waals surface area contributed by atoms with Crippen LogP contribution in [-0.4, -0.2) is 24.1 Å². The fraction of sp³-hybridized carbons (Fsp3) is 0.0517. The fourth-order valence-corrected chi connectivity index (χ4v) is 9.50. The summed E-state index contributed by atoms with van der Waals surface area (Å²) in [5, 5.41) is 3.71. The third-order valence-corrected chi connectivity index (χ3v) is 12.5. The number of fused-ring (bicyclic) bond motifs is 6. The van der Waals surface area contributed by atoms with Crippen molar-refractivity contribution in [3.8, 4) is 67.8 Å². The zero-order valence-corrected chi connectivity index (χ0v) is 34.7. The summed E-state index contributed by atoms with van der Waals surface area (Å²) in [5.41, 5.74) is 16.1.